The lowest BCUT2D eigenvalue weighted by molar-refractivity contribution is -0.0926. The van der Waals surface area contributed by atoms with Gasteiger partial charge < -0.3 is 23.3 Å². The topological polar surface area (TPSA) is 128 Å². The van der Waals surface area contributed by atoms with E-state index < -0.39 is 43.8 Å². The SMILES string of the molecule is COc1ccc(C(OC[C@H]2O[C@@H](n3cc(C)c(=O)[nH]c3=O)C[C@H]2OP(OCCC#N)N(C(C)C)C(C)C)(c2ccccc2)c2ccccc2)cc1. The predicted octanol–water partition coefficient (Wildman–Crippen LogP) is 6.81. The largest absolute Gasteiger partial charge is 0.497 e. The highest BCUT2D eigenvalue weighted by atomic mass is 31.2. The molecule has 1 aromatic heterocycles. The second-order valence-corrected chi connectivity index (χ2v) is 14.4. The van der Waals surface area contributed by atoms with Crippen LogP contribution in [0.4, 0.5) is 0 Å². The first-order valence-electron chi connectivity index (χ1n) is 17.2. The number of H-pyrrole nitrogens is 1. The zero-order valence-electron chi connectivity index (χ0n) is 30.0. The highest BCUT2D eigenvalue weighted by Gasteiger charge is 2.45. The Hall–Kier alpha value is -4.14. The van der Waals surface area contributed by atoms with E-state index in [0.717, 1.165) is 22.4 Å². The lowest BCUT2D eigenvalue weighted by atomic mass is 9.80. The van der Waals surface area contributed by atoms with Crippen molar-refractivity contribution in [2.75, 3.05) is 20.3 Å². The number of aryl methyl sites for hydroxylation is 1. The molecular weight excluding hydrogens is 667 g/mol. The van der Waals surface area contributed by atoms with Crippen LogP contribution >= 0.6 is 8.53 Å². The van der Waals surface area contributed by atoms with Crippen molar-refractivity contribution >= 4 is 8.53 Å². The van der Waals surface area contributed by atoms with E-state index in [4.69, 9.17) is 23.3 Å². The molecule has 3 aromatic carbocycles. The molecule has 51 heavy (non-hydrogen) atoms. The number of aromatic amines is 1. The molecule has 0 bridgehead atoms. The van der Waals surface area contributed by atoms with Crippen molar-refractivity contribution < 1.29 is 23.3 Å². The molecule has 0 spiro atoms. The fourth-order valence-electron chi connectivity index (χ4n) is 6.47. The van der Waals surface area contributed by atoms with E-state index in [-0.39, 0.29) is 38.1 Å². The summed E-state index contributed by atoms with van der Waals surface area (Å²) >= 11 is 0. The van der Waals surface area contributed by atoms with Gasteiger partial charge in [0.15, 0.2) is 0 Å². The minimum absolute atomic E-state index is 0.0683. The third-order valence-electron chi connectivity index (χ3n) is 8.85. The summed E-state index contributed by atoms with van der Waals surface area (Å²) in [6.45, 7) is 10.2. The van der Waals surface area contributed by atoms with Crippen LogP contribution in [0.3, 0.4) is 0 Å². The van der Waals surface area contributed by atoms with Gasteiger partial charge in [-0.05, 0) is 63.4 Å². The van der Waals surface area contributed by atoms with E-state index in [1.165, 1.54) is 10.8 Å². The molecule has 1 fully saturated rings. The molecule has 12 heteroatoms. The highest BCUT2D eigenvalue weighted by Crippen LogP contribution is 2.50. The maximum absolute atomic E-state index is 13.1. The van der Waals surface area contributed by atoms with E-state index in [1.807, 2.05) is 84.9 Å². The average Bonchev–Trinajstić information content (AvgIpc) is 3.53. The van der Waals surface area contributed by atoms with Gasteiger partial charge in [-0.25, -0.2) is 9.46 Å². The summed E-state index contributed by atoms with van der Waals surface area (Å²) < 4.78 is 36.0. The van der Waals surface area contributed by atoms with Crippen molar-refractivity contribution in [2.24, 2.45) is 0 Å². The number of benzene rings is 3. The number of nitriles is 1. The van der Waals surface area contributed by atoms with Crippen molar-refractivity contribution in [3.8, 4) is 11.8 Å². The van der Waals surface area contributed by atoms with Gasteiger partial charge in [0.05, 0.1) is 38.9 Å². The predicted molar refractivity (Wildman–Crippen MR) is 196 cm³/mol. The van der Waals surface area contributed by atoms with Gasteiger partial charge in [-0.15, -0.1) is 0 Å². The number of rotatable bonds is 16. The molecule has 1 unspecified atom stereocenters. The smallest absolute Gasteiger partial charge is 0.330 e. The third kappa shape index (κ3) is 8.67. The molecule has 0 amide bonds. The Kier molecular flexibility index (Phi) is 13.0. The van der Waals surface area contributed by atoms with Crippen LogP contribution in [-0.2, 0) is 24.1 Å². The molecule has 0 aliphatic carbocycles. The van der Waals surface area contributed by atoms with Gasteiger partial charge in [-0.1, -0.05) is 72.8 Å². The highest BCUT2D eigenvalue weighted by molar-refractivity contribution is 7.44. The Bertz CT molecular complexity index is 1810. The quantitative estimate of drug-likeness (QED) is 0.0756. The lowest BCUT2D eigenvalue weighted by Gasteiger charge is -2.39. The van der Waals surface area contributed by atoms with Crippen molar-refractivity contribution in [1.29, 1.82) is 5.26 Å². The number of ether oxygens (including phenoxy) is 3. The Morgan fingerprint density at radius 2 is 1.55 bits per heavy atom. The molecule has 1 aliphatic heterocycles. The van der Waals surface area contributed by atoms with Crippen molar-refractivity contribution in [3.05, 3.63) is 134 Å². The van der Waals surface area contributed by atoms with Gasteiger partial charge in [-0.3, -0.25) is 14.3 Å². The van der Waals surface area contributed by atoms with Crippen molar-refractivity contribution in [3.63, 3.8) is 0 Å². The van der Waals surface area contributed by atoms with Crippen LogP contribution < -0.4 is 16.0 Å². The Labute approximate surface area is 300 Å². The molecule has 0 saturated carbocycles. The number of hydrogen-bond acceptors (Lipinski definition) is 9. The van der Waals surface area contributed by atoms with Gasteiger partial charge in [0, 0.05) is 30.3 Å². The molecule has 4 aromatic rings. The fraction of sp³-hybridized carbons (Fsp3) is 0.410. The van der Waals surface area contributed by atoms with E-state index in [2.05, 4.69) is 43.4 Å². The molecule has 0 radical (unpaired) electrons. The summed E-state index contributed by atoms with van der Waals surface area (Å²) in [5.41, 5.74) is 0.999. The van der Waals surface area contributed by atoms with Crippen LogP contribution in [0.5, 0.6) is 5.75 Å². The minimum Gasteiger partial charge on any atom is -0.497 e. The number of hydrogen-bond donors (Lipinski definition) is 1. The maximum Gasteiger partial charge on any atom is 0.330 e. The Balaban J connectivity index is 1.58. The van der Waals surface area contributed by atoms with Crippen LogP contribution in [0.2, 0.25) is 0 Å². The second-order valence-electron chi connectivity index (χ2n) is 13.0. The molecule has 270 valence electrons. The van der Waals surface area contributed by atoms with Crippen LogP contribution in [0.15, 0.2) is 101 Å². The Morgan fingerprint density at radius 3 is 2.10 bits per heavy atom. The number of methoxy groups -OCH3 is 1. The normalized spacial score (nSPS) is 18.3. The van der Waals surface area contributed by atoms with E-state index >= 15 is 0 Å². The molecule has 11 nitrogen and oxygen atoms in total. The second kappa shape index (κ2) is 17.4. The van der Waals surface area contributed by atoms with Gasteiger partial charge in [0.2, 0.25) is 0 Å². The number of nitrogens with one attached hydrogen (secondary N) is 1. The summed E-state index contributed by atoms with van der Waals surface area (Å²) in [6, 6.07) is 30.2. The van der Waals surface area contributed by atoms with Crippen LogP contribution in [0.1, 0.15) is 69.0 Å². The third-order valence-corrected chi connectivity index (χ3v) is 11.0. The molecule has 2 heterocycles. The molecular formula is C39H47N4O7P. The van der Waals surface area contributed by atoms with Crippen molar-refractivity contribution in [2.45, 2.75) is 83.6 Å². The summed E-state index contributed by atoms with van der Waals surface area (Å²) in [4.78, 5) is 27.7. The van der Waals surface area contributed by atoms with Crippen LogP contribution in [0.25, 0.3) is 0 Å². The molecule has 1 saturated heterocycles. The summed E-state index contributed by atoms with van der Waals surface area (Å²) in [5, 5.41) is 9.27. The average molecular weight is 715 g/mol. The first-order chi connectivity index (χ1) is 24.6. The first-order valence-corrected chi connectivity index (χ1v) is 18.3. The summed E-state index contributed by atoms with van der Waals surface area (Å²) in [5.74, 6) is 0.718. The number of nitrogens with zero attached hydrogens (tertiary/aromatic N) is 3. The van der Waals surface area contributed by atoms with Crippen LogP contribution in [-0.4, -0.2) is 58.8 Å². The maximum atomic E-state index is 13.1. The van der Waals surface area contributed by atoms with Gasteiger partial charge in [0.1, 0.15) is 23.7 Å². The van der Waals surface area contributed by atoms with Crippen LogP contribution in [0, 0.1) is 18.3 Å². The van der Waals surface area contributed by atoms with E-state index in [0.29, 0.717) is 5.56 Å². The van der Waals surface area contributed by atoms with Crippen molar-refractivity contribution in [1.82, 2.24) is 14.2 Å². The molecule has 4 atom stereocenters. The lowest BCUT2D eigenvalue weighted by Crippen LogP contribution is -2.39. The van der Waals surface area contributed by atoms with Gasteiger partial charge in [-0.2, -0.15) is 5.26 Å². The molecule has 1 N–H and O–H groups in total. The fourth-order valence-corrected chi connectivity index (χ4v) is 8.23. The van der Waals surface area contributed by atoms with E-state index in [9.17, 15) is 14.9 Å². The van der Waals surface area contributed by atoms with E-state index in [1.54, 1.807) is 14.0 Å². The van der Waals surface area contributed by atoms with Gasteiger partial charge in [0.25, 0.3) is 14.1 Å². The molecule has 5 rings (SSSR count). The molecule has 1 aliphatic rings. The minimum atomic E-state index is -1.65. The first kappa shape index (κ1) is 38.1. The van der Waals surface area contributed by atoms with Gasteiger partial charge >= 0.3 is 5.69 Å². The Morgan fingerprint density at radius 1 is 0.961 bits per heavy atom. The summed E-state index contributed by atoms with van der Waals surface area (Å²) in [6.07, 6.45) is 0.0245. The monoisotopic (exact) mass is 714 g/mol. The summed E-state index contributed by atoms with van der Waals surface area (Å²) in [7, 11) is -0.0138. The number of aromatic nitrogens is 2. The standard InChI is InChI=1S/C39H47N4O7P/c1-27(2)43(28(3)4)51(48-23-13-22-40)50-34-24-36(42-25-29(5)37(44)41-38(42)45)49-35(34)26-47-39(30-14-9-7-10-15-30,31-16-11-8-12-17-31)32-18-20-33(46-6)21-19-32/h7-12,14-21,25,27-28,34-36H,13,23-24,26H2,1-6H3,(H,41,44,45)/t34-,35-,36-,51?/m1/s1. The zero-order valence-corrected chi connectivity index (χ0v) is 30.9. The zero-order chi connectivity index (χ0) is 36.5.